The number of carboxylic acids is 1. The Morgan fingerprint density at radius 3 is 2.06 bits per heavy atom. The minimum Gasteiger partial charge on any atom is -0.478 e. The lowest BCUT2D eigenvalue weighted by Crippen LogP contribution is -2.21. The van der Waals surface area contributed by atoms with Gasteiger partial charge in [-0.05, 0) is 86.7 Å². The highest BCUT2D eigenvalue weighted by Gasteiger charge is 2.17. The predicted molar refractivity (Wildman–Crippen MR) is 149 cm³/mol. The van der Waals surface area contributed by atoms with Crippen molar-refractivity contribution < 1.29 is 14.5 Å². The molecule has 0 radical (unpaired) electrons. The van der Waals surface area contributed by atoms with Crippen molar-refractivity contribution in [3.63, 3.8) is 0 Å². The first-order chi connectivity index (χ1) is 17.0. The molecule has 1 aliphatic carbocycles. The monoisotopic (exact) mass is 485 g/mol. The van der Waals surface area contributed by atoms with Crippen LogP contribution in [0.1, 0.15) is 48.5 Å². The van der Waals surface area contributed by atoms with Gasteiger partial charge in [-0.25, -0.2) is 9.37 Å². The van der Waals surface area contributed by atoms with Crippen molar-refractivity contribution in [3.8, 4) is 0 Å². The molecule has 0 amide bonds. The molecule has 1 aliphatic rings. The Balaban J connectivity index is 1.85. The van der Waals surface area contributed by atoms with E-state index in [1.807, 2.05) is 6.07 Å². The van der Waals surface area contributed by atoms with Crippen molar-refractivity contribution in [3.05, 3.63) is 94.4 Å². The maximum atomic E-state index is 11.5. The fourth-order valence-electron chi connectivity index (χ4n) is 4.59. The van der Waals surface area contributed by atoms with Gasteiger partial charge in [0.25, 0.3) is 0 Å². The first-order valence-electron chi connectivity index (χ1n) is 12.3. The van der Waals surface area contributed by atoms with Crippen LogP contribution >= 0.6 is 11.3 Å². The lowest BCUT2D eigenvalue weighted by atomic mass is 9.94. The second-order valence-electron chi connectivity index (χ2n) is 8.48. The van der Waals surface area contributed by atoms with E-state index in [-0.39, 0.29) is 0 Å². The van der Waals surface area contributed by atoms with Crippen molar-refractivity contribution in [1.82, 2.24) is 0 Å². The molecule has 4 nitrogen and oxygen atoms in total. The smallest absolute Gasteiger partial charge is 0.335 e. The fraction of sp³-hybridized carbons (Fsp3) is 0.267. The SMILES string of the molecule is CCN(CC)c1ccc(C(=C2C=CC(=[N+](CC)CC)C=C2)c2cc3ccc(C(=O)O)cc3s2)cc1. The lowest BCUT2D eigenvalue weighted by molar-refractivity contribution is -0.519. The number of thiophene rings is 1. The Morgan fingerprint density at radius 1 is 0.857 bits per heavy atom. The number of allylic oxidation sites excluding steroid dienone is 5. The topological polar surface area (TPSA) is 43.5 Å². The van der Waals surface area contributed by atoms with Crippen molar-refractivity contribution in [2.24, 2.45) is 0 Å². The summed E-state index contributed by atoms with van der Waals surface area (Å²) in [6, 6.07) is 16.3. The Labute approximate surface area is 211 Å². The quantitative estimate of drug-likeness (QED) is 0.354. The number of anilines is 1. The largest absolute Gasteiger partial charge is 0.478 e. The lowest BCUT2D eigenvalue weighted by Gasteiger charge is -2.21. The van der Waals surface area contributed by atoms with Gasteiger partial charge in [-0.1, -0.05) is 18.2 Å². The zero-order chi connectivity index (χ0) is 24.9. The van der Waals surface area contributed by atoms with E-state index in [1.165, 1.54) is 17.0 Å². The molecular weight excluding hydrogens is 452 g/mol. The molecule has 0 fully saturated rings. The maximum Gasteiger partial charge on any atom is 0.335 e. The van der Waals surface area contributed by atoms with E-state index in [0.29, 0.717) is 5.56 Å². The van der Waals surface area contributed by atoms with Gasteiger partial charge in [0.2, 0.25) is 0 Å². The maximum absolute atomic E-state index is 11.5. The van der Waals surface area contributed by atoms with Crippen LogP contribution < -0.4 is 4.90 Å². The third-order valence-electron chi connectivity index (χ3n) is 6.58. The number of hydrogen-bond acceptors (Lipinski definition) is 3. The number of hydrogen-bond donors (Lipinski definition) is 1. The number of fused-ring (bicyclic) bond motifs is 1. The second kappa shape index (κ2) is 10.9. The third-order valence-corrected chi connectivity index (χ3v) is 7.70. The van der Waals surface area contributed by atoms with Crippen LogP contribution in [0.25, 0.3) is 15.7 Å². The molecule has 0 saturated carbocycles. The molecule has 0 bridgehead atoms. The Morgan fingerprint density at radius 2 is 1.49 bits per heavy atom. The van der Waals surface area contributed by atoms with Gasteiger partial charge in [0.15, 0.2) is 5.71 Å². The van der Waals surface area contributed by atoms with Crippen LogP contribution in [0.15, 0.2) is 78.4 Å². The van der Waals surface area contributed by atoms with Crippen LogP contribution in [0, 0.1) is 0 Å². The van der Waals surface area contributed by atoms with Crippen molar-refractivity contribution in [2.75, 3.05) is 31.1 Å². The summed E-state index contributed by atoms with van der Waals surface area (Å²) >= 11 is 1.64. The zero-order valence-electron chi connectivity index (χ0n) is 20.9. The summed E-state index contributed by atoms with van der Waals surface area (Å²) in [5.41, 5.74) is 6.23. The van der Waals surface area contributed by atoms with Crippen LogP contribution in [-0.4, -0.2) is 47.5 Å². The molecule has 1 aromatic heterocycles. The van der Waals surface area contributed by atoms with Crippen molar-refractivity contribution >= 4 is 44.4 Å². The molecule has 0 unspecified atom stereocenters. The highest BCUT2D eigenvalue weighted by Crippen LogP contribution is 2.38. The average molecular weight is 486 g/mol. The van der Waals surface area contributed by atoms with Gasteiger partial charge < -0.3 is 10.0 Å². The molecule has 3 aromatic rings. The molecule has 1 N–H and O–H groups in total. The molecule has 180 valence electrons. The Kier molecular flexibility index (Phi) is 7.67. The van der Waals surface area contributed by atoms with Gasteiger partial charge in [-0.2, -0.15) is 0 Å². The number of aromatic carboxylic acids is 1. The number of rotatable bonds is 8. The summed E-state index contributed by atoms with van der Waals surface area (Å²) < 4.78 is 3.33. The molecule has 0 atom stereocenters. The highest BCUT2D eigenvalue weighted by molar-refractivity contribution is 7.20. The van der Waals surface area contributed by atoms with Gasteiger partial charge in [-0.15, -0.1) is 11.3 Å². The second-order valence-corrected chi connectivity index (χ2v) is 9.57. The predicted octanol–water partition coefficient (Wildman–Crippen LogP) is 6.87. The Hall–Kier alpha value is -3.44. The van der Waals surface area contributed by atoms with Crippen LogP contribution in [0.2, 0.25) is 0 Å². The van der Waals surface area contributed by atoms with E-state index in [1.54, 1.807) is 23.5 Å². The van der Waals surface area contributed by atoms with Crippen LogP contribution in [0.5, 0.6) is 0 Å². The molecule has 2 aromatic carbocycles. The molecule has 0 aliphatic heterocycles. The molecule has 4 rings (SSSR count). The van der Waals surface area contributed by atoms with E-state index >= 15 is 0 Å². The minimum atomic E-state index is -0.898. The van der Waals surface area contributed by atoms with E-state index in [9.17, 15) is 9.90 Å². The van der Waals surface area contributed by atoms with Gasteiger partial charge in [0.1, 0.15) is 13.1 Å². The first-order valence-corrected chi connectivity index (χ1v) is 13.2. The summed E-state index contributed by atoms with van der Waals surface area (Å²) in [6.07, 6.45) is 8.80. The van der Waals surface area contributed by atoms with Gasteiger partial charge in [0, 0.05) is 46.1 Å². The van der Waals surface area contributed by atoms with E-state index in [4.69, 9.17) is 0 Å². The Bertz CT molecular complexity index is 1330. The molecule has 5 heteroatoms. The van der Waals surface area contributed by atoms with Crippen LogP contribution in [0.4, 0.5) is 5.69 Å². The number of carbonyl (C=O) groups is 1. The van der Waals surface area contributed by atoms with Gasteiger partial charge in [0.05, 0.1) is 5.56 Å². The van der Waals surface area contributed by atoms with Crippen LogP contribution in [-0.2, 0) is 0 Å². The van der Waals surface area contributed by atoms with E-state index in [2.05, 4.69) is 91.8 Å². The average Bonchev–Trinajstić information content (AvgIpc) is 3.30. The summed E-state index contributed by atoms with van der Waals surface area (Å²) in [7, 11) is 0. The standard InChI is InChI=1S/C30H32N2O2S/c1-5-31(6-2)25-15-11-21(12-16-25)29(22-13-17-26(18-14-22)32(7-3)8-4)28-19-23-9-10-24(30(33)34)20-27(23)35-28/h9-20H,5-8H2,1-4H3/p+1. The van der Waals surface area contributed by atoms with Crippen LogP contribution in [0.3, 0.4) is 0 Å². The number of nitrogens with zero attached hydrogens (tertiary/aromatic N) is 2. The highest BCUT2D eigenvalue weighted by atomic mass is 32.1. The summed E-state index contributed by atoms with van der Waals surface area (Å²) in [5, 5.41) is 10.5. The van der Waals surface area contributed by atoms with Crippen molar-refractivity contribution in [1.29, 1.82) is 0 Å². The molecule has 35 heavy (non-hydrogen) atoms. The minimum absolute atomic E-state index is 0.319. The van der Waals surface area contributed by atoms with E-state index < -0.39 is 5.97 Å². The van der Waals surface area contributed by atoms with Crippen molar-refractivity contribution in [2.45, 2.75) is 27.7 Å². The molecule has 0 spiro atoms. The summed E-state index contributed by atoms with van der Waals surface area (Å²) in [5.74, 6) is -0.898. The number of carboxylic acid groups (broad SMARTS) is 1. The molecule has 0 saturated heterocycles. The summed E-state index contributed by atoms with van der Waals surface area (Å²) in [6.45, 7) is 12.6. The fourth-order valence-corrected chi connectivity index (χ4v) is 5.79. The first kappa shape index (κ1) is 24.7. The zero-order valence-corrected chi connectivity index (χ0v) is 21.7. The number of benzene rings is 2. The molecular formula is C30H33N2O2S+. The van der Waals surface area contributed by atoms with Gasteiger partial charge >= 0.3 is 5.97 Å². The van der Waals surface area contributed by atoms with Gasteiger partial charge in [-0.3, -0.25) is 0 Å². The molecule has 1 heterocycles. The normalized spacial score (nSPS) is 12.9. The summed E-state index contributed by atoms with van der Waals surface area (Å²) in [4.78, 5) is 15.0. The third kappa shape index (κ3) is 5.15. The van der Waals surface area contributed by atoms with E-state index in [0.717, 1.165) is 52.3 Å².